The Balaban J connectivity index is 2.23. The molecule has 0 spiro atoms. The Kier molecular flexibility index (Phi) is 4.31. The third-order valence-corrected chi connectivity index (χ3v) is 3.74. The first kappa shape index (κ1) is 12.7. The van der Waals surface area contributed by atoms with Gasteiger partial charge in [-0.2, -0.15) is 0 Å². The molecule has 0 radical (unpaired) electrons. The second kappa shape index (κ2) is 5.76. The molecule has 5 heteroatoms. The molecule has 0 fully saturated rings. The highest BCUT2D eigenvalue weighted by Crippen LogP contribution is 2.28. The van der Waals surface area contributed by atoms with E-state index in [1.54, 1.807) is 17.8 Å². The summed E-state index contributed by atoms with van der Waals surface area (Å²) in [6.45, 7) is 2.07. The predicted octanol–water partition coefficient (Wildman–Crippen LogP) is 4.31. The average Bonchev–Trinajstić information content (AvgIpc) is 2.31. The van der Waals surface area contributed by atoms with Crippen LogP contribution in [0.5, 0.6) is 0 Å². The molecule has 0 unspecified atom stereocenters. The zero-order valence-electron chi connectivity index (χ0n) is 9.48. The van der Waals surface area contributed by atoms with Crippen LogP contribution in [0.15, 0.2) is 45.4 Å². The molecule has 0 aliphatic carbocycles. The van der Waals surface area contributed by atoms with Crippen molar-refractivity contribution < 1.29 is 0 Å². The summed E-state index contributed by atoms with van der Waals surface area (Å²) in [5, 5.41) is 2.06. The van der Waals surface area contributed by atoms with E-state index in [0.29, 0.717) is 10.3 Å². The lowest BCUT2D eigenvalue weighted by Crippen LogP contribution is -1.88. The Morgan fingerprint density at radius 1 is 1.12 bits per heavy atom. The summed E-state index contributed by atoms with van der Waals surface area (Å²) in [6, 6.07) is 10.1. The molecule has 2 rings (SSSR count). The normalized spacial score (nSPS) is 10.5. The molecule has 2 aromatic rings. The van der Waals surface area contributed by atoms with Crippen LogP contribution in [0.25, 0.3) is 0 Å². The topological polar surface area (TPSA) is 25.8 Å². The first-order valence-corrected chi connectivity index (χ1v) is 7.42. The number of aryl methyl sites for hydroxylation is 1. The highest BCUT2D eigenvalue weighted by Gasteiger charge is 2.04. The maximum absolute atomic E-state index is 5.94. The van der Waals surface area contributed by atoms with Crippen molar-refractivity contribution in [3.8, 4) is 0 Å². The summed E-state index contributed by atoms with van der Waals surface area (Å²) in [5.74, 6) is 0. The third kappa shape index (κ3) is 3.63. The smallest absolute Gasteiger partial charge is 0.189 e. The summed E-state index contributed by atoms with van der Waals surface area (Å²) < 4.78 is 0. The molecule has 0 bridgehead atoms. The lowest BCUT2D eigenvalue weighted by Gasteiger charge is -2.03. The third-order valence-electron chi connectivity index (χ3n) is 2.08. The molecule has 0 aliphatic rings. The number of halogens is 1. The van der Waals surface area contributed by atoms with Gasteiger partial charge in [0.2, 0.25) is 0 Å². The lowest BCUT2D eigenvalue weighted by atomic mass is 10.2. The van der Waals surface area contributed by atoms with Gasteiger partial charge >= 0.3 is 0 Å². The van der Waals surface area contributed by atoms with E-state index in [9.17, 15) is 0 Å². The zero-order chi connectivity index (χ0) is 12.3. The van der Waals surface area contributed by atoms with Crippen LogP contribution in [0.2, 0.25) is 5.15 Å². The maximum atomic E-state index is 5.94. The number of hydrogen-bond donors (Lipinski definition) is 0. The van der Waals surface area contributed by atoms with Crippen LogP contribution in [0.3, 0.4) is 0 Å². The number of benzene rings is 1. The van der Waals surface area contributed by atoms with Gasteiger partial charge in [-0.25, -0.2) is 9.97 Å². The van der Waals surface area contributed by atoms with E-state index in [1.807, 2.05) is 6.26 Å². The zero-order valence-corrected chi connectivity index (χ0v) is 11.9. The van der Waals surface area contributed by atoms with Crippen LogP contribution >= 0.6 is 35.1 Å². The second-order valence-corrected chi connectivity index (χ2v) is 5.69. The summed E-state index contributed by atoms with van der Waals surface area (Å²) in [6.07, 6.45) is 1.94. The molecule has 1 aromatic heterocycles. The number of rotatable bonds is 3. The maximum Gasteiger partial charge on any atom is 0.189 e. The largest absolute Gasteiger partial charge is 0.216 e. The highest BCUT2D eigenvalue weighted by molar-refractivity contribution is 7.99. The van der Waals surface area contributed by atoms with E-state index in [2.05, 4.69) is 41.2 Å². The minimum atomic E-state index is 0.485. The van der Waals surface area contributed by atoms with Crippen molar-refractivity contribution in [2.24, 2.45) is 0 Å². The fourth-order valence-corrected chi connectivity index (χ4v) is 2.80. The van der Waals surface area contributed by atoms with Crippen molar-refractivity contribution >= 4 is 35.1 Å². The van der Waals surface area contributed by atoms with Crippen LogP contribution < -0.4 is 0 Å². The van der Waals surface area contributed by atoms with E-state index in [4.69, 9.17) is 11.6 Å². The minimum Gasteiger partial charge on any atom is -0.216 e. The van der Waals surface area contributed by atoms with Gasteiger partial charge in [0.15, 0.2) is 5.16 Å². The van der Waals surface area contributed by atoms with Crippen LogP contribution in [0, 0.1) is 6.92 Å². The standard InChI is InChI=1S/C12H11ClN2S2/c1-8-3-5-9(6-4-8)17-11-7-10(13)14-12(15-11)16-2/h3-7H,1-2H3. The highest BCUT2D eigenvalue weighted by atomic mass is 35.5. The minimum absolute atomic E-state index is 0.485. The van der Waals surface area contributed by atoms with Gasteiger partial charge < -0.3 is 0 Å². The van der Waals surface area contributed by atoms with E-state index < -0.39 is 0 Å². The Morgan fingerprint density at radius 2 is 1.82 bits per heavy atom. The van der Waals surface area contributed by atoms with E-state index in [0.717, 1.165) is 9.92 Å². The number of nitrogens with zero attached hydrogens (tertiary/aromatic N) is 2. The Hall–Kier alpha value is -0.710. The van der Waals surface area contributed by atoms with E-state index in [-0.39, 0.29) is 0 Å². The van der Waals surface area contributed by atoms with Crippen molar-refractivity contribution in [2.45, 2.75) is 22.0 Å². The summed E-state index contributed by atoms with van der Waals surface area (Å²) in [5.41, 5.74) is 1.25. The molecular weight excluding hydrogens is 272 g/mol. The molecule has 17 heavy (non-hydrogen) atoms. The van der Waals surface area contributed by atoms with Crippen molar-refractivity contribution in [3.63, 3.8) is 0 Å². The van der Waals surface area contributed by atoms with Gasteiger partial charge in [-0.3, -0.25) is 0 Å². The van der Waals surface area contributed by atoms with Crippen LogP contribution in [0.4, 0.5) is 0 Å². The molecule has 2 nitrogen and oxygen atoms in total. The van der Waals surface area contributed by atoms with Crippen molar-refractivity contribution in [3.05, 3.63) is 41.0 Å². The van der Waals surface area contributed by atoms with Gasteiger partial charge in [0.1, 0.15) is 10.2 Å². The van der Waals surface area contributed by atoms with Crippen molar-refractivity contribution in [1.29, 1.82) is 0 Å². The lowest BCUT2D eigenvalue weighted by molar-refractivity contribution is 0.894. The molecular formula is C12H11ClN2S2. The Labute approximate surface area is 114 Å². The van der Waals surface area contributed by atoms with Gasteiger partial charge in [-0.15, -0.1) is 0 Å². The number of thioether (sulfide) groups is 1. The Morgan fingerprint density at radius 3 is 2.47 bits per heavy atom. The van der Waals surface area contributed by atoms with Crippen LogP contribution in [-0.4, -0.2) is 16.2 Å². The van der Waals surface area contributed by atoms with E-state index >= 15 is 0 Å². The number of aromatic nitrogens is 2. The second-order valence-electron chi connectivity index (χ2n) is 3.43. The van der Waals surface area contributed by atoms with Gasteiger partial charge in [-0.05, 0) is 25.3 Å². The summed E-state index contributed by atoms with van der Waals surface area (Å²) in [7, 11) is 0. The van der Waals surface area contributed by atoms with Gasteiger partial charge in [-0.1, -0.05) is 52.8 Å². The fourth-order valence-electron chi connectivity index (χ4n) is 1.25. The Bertz CT molecular complexity index is 514. The van der Waals surface area contributed by atoms with Gasteiger partial charge in [0, 0.05) is 11.0 Å². The first-order chi connectivity index (χ1) is 8.17. The van der Waals surface area contributed by atoms with Crippen molar-refractivity contribution in [1.82, 2.24) is 9.97 Å². The average molecular weight is 283 g/mol. The van der Waals surface area contributed by atoms with Gasteiger partial charge in [0.25, 0.3) is 0 Å². The molecule has 1 aromatic carbocycles. The summed E-state index contributed by atoms with van der Waals surface area (Å²) in [4.78, 5) is 9.66. The molecule has 0 saturated carbocycles. The SMILES string of the molecule is CSc1nc(Cl)cc(Sc2ccc(C)cc2)n1. The quantitative estimate of drug-likeness (QED) is 0.476. The molecule has 0 aliphatic heterocycles. The van der Waals surface area contributed by atoms with Crippen molar-refractivity contribution in [2.75, 3.05) is 6.26 Å². The molecule has 0 amide bonds. The molecule has 1 heterocycles. The molecule has 0 saturated heterocycles. The van der Waals surface area contributed by atoms with Gasteiger partial charge in [0.05, 0.1) is 0 Å². The van der Waals surface area contributed by atoms with E-state index in [1.165, 1.54) is 17.3 Å². The van der Waals surface area contributed by atoms with Crippen LogP contribution in [-0.2, 0) is 0 Å². The molecule has 0 atom stereocenters. The summed E-state index contributed by atoms with van der Waals surface area (Å²) >= 11 is 9.02. The first-order valence-electron chi connectivity index (χ1n) is 5.00. The molecule has 0 N–H and O–H groups in total. The van der Waals surface area contributed by atoms with Crippen LogP contribution in [0.1, 0.15) is 5.56 Å². The number of hydrogen-bond acceptors (Lipinski definition) is 4. The molecule has 88 valence electrons. The predicted molar refractivity (Wildman–Crippen MR) is 74.1 cm³/mol. The fraction of sp³-hybridized carbons (Fsp3) is 0.167. The monoisotopic (exact) mass is 282 g/mol.